The van der Waals surface area contributed by atoms with Crippen LogP contribution in [0, 0.1) is 11.2 Å². The summed E-state index contributed by atoms with van der Waals surface area (Å²) in [4.78, 5) is 24.0. The average molecular weight is 377 g/mol. The van der Waals surface area contributed by atoms with E-state index in [1.54, 1.807) is 12.1 Å². The molecule has 3 rings (SSSR count). The fraction of sp³-hybridized carbons (Fsp3) is 0. The standard InChI is InChI=1S/C17H10ClFN2O3S/c18-12-7-9(8-14-15(22)21-17(20)25-14)1-6-13(12)24-16(23)10-2-4-11(19)5-3-10/h1-8H,(H2,20,21,22). The zero-order valence-electron chi connectivity index (χ0n) is 12.5. The zero-order chi connectivity index (χ0) is 18.0. The maximum Gasteiger partial charge on any atom is 0.343 e. The molecule has 25 heavy (non-hydrogen) atoms. The molecule has 0 unspecified atom stereocenters. The van der Waals surface area contributed by atoms with Gasteiger partial charge in [-0.05, 0) is 59.8 Å². The summed E-state index contributed by atoms with van der Waals surface area (Å²) >= 11 is 7.13. The van der Waals surface area contributed by atoms with Crippen LogP contribution in [0.3, 0.4) is 0 Å². The number of amidine groups is 1. The largest absolute Gasteiger partial charge is 0.421 e. The van der Waals surface area contributed by atoms with Crippen molar-refractivity contribution in [1.82, 2.24) is 5.32 Å². The van der Waals surface area contributed by atoms with Gasteiger partial charge in [0.15, 0.2) is 5.17 Å². The Hall–Kier alpha value is -2.64. The van der Waals surface area contributed by atoms with E-state index in [-0.39, 0.29) is 27.4 Å². The van der Waals surface area contributed by atoms with Gasteiger partial charge in [0.2, 0.25) is 0 Å². The molecule has 1 heterocycles. The minimum Gasteiger partial charge on any atom is -0.421 e. The Balaban J connectivity index is 1.77. The van der Waals surface area contributed by atoms with Gasteiger partial charge in [0.1, 0.15) is 11.6 Å². The highest BCUT2D eigenvalue weighted by Gasteiger charge is 2.22. The molecule has 1 fully saturated rings. The van der Waals surface area contributed by atoms with Crippen molar-refractivity contribution in [2.75, 3.05) is 0 Å². The van der Waals surface area contributed by atoms with E-state index in [1.807, 2.05) is 0 Å². The first kappa shape index (κ1) is 17.2. The lowest BCUT2D eigenvalue weighted by atomic mass is 10.2. The van der Waals surface area contributed by atoms with Crippen molar-refractivity contribution in [3.05, 3.63) is 69.3 Å². The molecule has 2 aromatic carbocycles. The first-order valence-corrected chi connectivity index (χ1v) is 8.18. The Morgan fingerprint density at radius 2 is 1.96 bits per heavy atom. The van der Waals surface area contributed by atoms with E-state index in [0.29, 0.717) is 10.5 Å². The van der Waals surface area contributed by atoms with Crippen LogP contribution < -0.4 is 10.1 Å². The molecule has 5 nitrogen and oxygen atoms in total. The molecule has 1 amide bonds. The second-order valence-corrected chi connectivity index (χ2v) is 6.44. The number of benzene rings is 2. The fourth-order valence-electron chi connectivity index (χ4n) is 2.03. The summed E-state index contributed by atoms with van der Waals surface area (Å²) in [6.07, 6.45) is 1.58. The molecule has 1 aliphatic rings. The van der Waals surface area contributed by atoms with Crippen LogP contribution in [0.1, 0.15) is 15.9 Å². The van der Waals surface area contributed by atoms with E-state index in [1.165, 1.54) is 24.3 Å². The molecule has 0 atom stereocenters. The van der Waals surface area contributed by atoms with Crippen molar-refractivity contribution >= 4 is 46.5 Å². The van der Waals surface area contributed by atoms with Gasteiger partial charge in [-0.3, -0.25) is 10.2 Å². The summed E-state index contributed by atoms with van der Waals surface area (Å²) in [5.41, 5.74) is 0.820. The second kappa shape index (κ2) is 7.08. The number of halogens is 2. The number of esters is 1. The Labute approximate surface area is 151 Å². The number of hydrogen-bond acceptors (Lipinski definition) is 5. The average Bonchev–Trinajstić information content (AvgIpc) is 2.88. The lowest BCUT2D eigenvalue weighted by Gasteiger charge is -2.07. The number of amides is 1. The molecule has 8 heteroatoms. The smallest absolute Gasteiger partial charge is 0.343 e. The molecule has 1 aliphatic heterocycles. The maximum atomic E-state index is 12.9. The van der Waals surface area contributed by atoms with Crippen molar-refractivity contribution < 1.29 is 18.7 Å². The summed E-state index contributed by atoms with van der Waals surface area (Å²) in [6.45, 7) is 0. The maximum absolute atomic E-state index is 12.9. The van der Waals surface area contributed by atoms with Crippen LogP contribution >= 0.6 is 23.4 Å². The lowest BCUT2D eigenvalue weighted by Crippen LogP contribution is -2.18. The highest BCUT2D eigenvalue weighted by molar-refractivity contribution is 8.18. The van der Waals surface area contributed by atoms with Crippen molar-refractivity contribution in [2.24, 2.45) is 0 Å². The number of carbonyl (C=O) groups is 2. The Morgan fingerprint density at radius 1 is 1.24 bits per heavy atom. The molecule has 1 saturated heterocycles. The van der Waals surface area contributed by atoms with E-state index >= 15 is 0 Å². The van der Waals surface area contributed by atoms with Crippen LogP contribution in [0.4, 0.5) is 4.39 Å². The Morgan fingerprint density at radius 3 is 2.56 bits per heavy atom. The number of ether oxygens (including phenoxy) is 1. The van der Waals surface area contributed by atoms with Gasteiger partial charge in [0.05, 0.1) is 15.5 Å². The van der Waals surface area contributed by atoms with Crippen molar-refractivity contribution in [3.8, 4) is 5.75 Å². The van der Waals surface area contributed by atoms with Gasteiger partial charge in [-0.15, -0.1) is 0 Å². The van der Waals surface area contributed by atoms with Gasteiger partial charge in [-0.2, -0.15) is 0 Å². The predicted molar refractivity (Wildman–Crippen MR) is 94.2 cm³/mol. The molecule has 2 aromatic rings. The van der Waals surface area contributed by atoms with Crippen molar-refractivity contribution in [1.29, 1.82) is 5.41 Å². The topological polar surface area (TPSA) is 79.2 Å². The quantitative estimate of drug-likeness (QED) is 0.484. The van der Waals surface area contributed by atoms with Crippen LogP contribution in [0.2, 0.25) is 5.02 Å². The van der Waals surface area contributed by atoms with Gasteiger partial charge in [-0.1, -0.05) is 17.7 Å². The molecule has 0 bridgehead atoms. The third kappa shape index (κ3) is 4.07. The summed E-state index contributed by atoms with van der Waals surface area (Å²) in [5, 5.41) is 10.0. The molecule has 0 radical (unpaired) electrons. The first-order valence-electron chi connectivity index (χ1n) is 6.99. The van der Waals surface area contributed by atoms with Crippen LogP contribution in [0.5, 0.6) is 5.75 Å². The zero-order valence-corrected chi connectivity index (χ0v) is 14.1. The highest BCUT2D eigenvalue weighted by atomic mass is 35.5. The van der Waals surface area contributed by atoms with E-state index in [4.69, 9.17) is 21.7 Å². The highest BCUT2D eigenvalue weighted by Crippen LogP contribution is 2.30. The van der Waals surface area contributed by atoms with Crippen LogP contribution in [-0.4, -0.2) is 17.0 Å². The molecule has 0 spiro atoms. The monoisotopic (exact) mass is 376 g/mol. The number of carbonyl (C=O) groups excluding carboxylic acids is 2. The van der Waals surface area contributed by atoms with Crippen LogP contribution in [0.25, 0.3) is 6.08 Å². The van der Waals surface area contributed by atoms with Gasteiger partial charge in [0, 0.05) is 0 Å². The second-order valence-electron chi connectivity index (χ2n) is 4.98. The number of nitrogens with one attached hydrogen (secondary N) is 2. The molecule has 0 saturated carbocycles. The Kier molecular flexibility index (Phi) is 4.87. The van der Waals surface area contributed by atoms with Crippen LogP contribution in [0.15, 0.2) is 47.4 Å². The Bertz CT molecular complexity index is 913. The predicted octanol–water partition coefficient (Wildman–Crippen LogP) is 3.84. The number of hydrogen-bond donors (Lipinski definition) is 2. The third-order valence-corrected chi connectivity index (χ3v) is 4.32. The van der Waals surface area contributed by atoms with Gasteiger partial charge in [0.25, 0.3) is 5.91 Å². The summed E-state index contributed by atoms with van der Waals surface area (Å²) in [7, 11) is 0. The first-order chi connectivity index (χ1) is 11.9. The SMILES string of the molecule is N=C1NC(=O)C(=Cc2ccc(OC(=O)c3ccc(F)cc3)c(Cl)c2)S1. The van der Waals surface area contributed by atoms with E-state index in [0.717, 1.165) is 23.9 Å². The lowest BCUT2D eigenvalue weighted by molar-refractivity contribution is -0.115. The molecule has 2 N–H and O–H groups in total. The molecule has 0 aromatic heterocycles. The molecular weight excluding hydrogens is 367 g/mol. The summed E-state index contributed by atoms with van der Waals surface area (Å²) < 4.78 is 18.1. The van der Waals surface area contributed by atoms with E-state index < -0.39 is 11.8 Å². The summed E-state index contributed by atoms with van der Waals surface area (Å²) in [6, 6.07) is 9.62. The summed E-state index contributed by atoms with van der Waals surface area (Å²) in [5.74, 6) is -1.31. The fourth-order valence-corrected chi connectivity index (χ4v) is 2.96. The van der Waals surface area contributed by atoms with Crippen molar-refractivity contribution in [3.63, 3.8) is 0 Å². The normalized spacial score (nSPS) is 15.4. The van der Waals surface area contributed by atoms with Gasteiger partial charge in [-0.25, -0.2) is 9.18 Å². The van der Waals surface area contributed by atoms with Gasteiger partial charge < -0.3 is 10.1 Å². The number of thioether (sulfide) groups is 1. The minimum absolute atomic E-state index is 0.0622. The number of rotatable bonds is 3. The molecule has 126 valence electrons. The van der Waals surface area contributed by atoms with Crippen LogP contribution in [-0.2, 0) is 4.79 Å². The van der Waals surface area contributed by atoms with E-state index in [2.05, 4.69) is 5.32 Å². The van der Waals surface area contributed by atoms with Gasteiger partial charge >= 0.3 is 5.97 Å². The van der Waals surface area contributed by atoms with Crippen molar-refractivity contribution in [2.45, 2.75) is 0 Å². The minimum atomic E-state index is -0.660. The third-order valence-electron chi connectivity index (χ3n) is 3.20. The van der Waals surface area contributed by atoms with E-state index in [9.17, 15) is 14.0 Å². The molecule has 0 aliphatic carbocycles. The molecular formula is C17H10ClFN2O3S.